The van der Waals surface area contributed by atoms with E-state index in [0.717, 1.165) is 13.0 Å². The normalized spacial score (nSPS) is 26.1. The zero-order valence-corrected chi connectivity index (χ0v) is 12.5. The van der Waals surface area contributed by atoms with Crippen LogP contribution in [0.1, 0.15) is 50.5 Å². The number of hydrogen-bond acceptors (Lipinski definition) is 4. The summed E-state index contributed by atoms with van der Waals surface area (Å²) < 4.78 is 0. The molecule has 0 radical (unpaired) electrons. The topological polar surface area (TPSA) is 66.9 Å². The smallest absolute Gasteiger partial charge is 0.272 e. The third kappa shape index (κ3) is 3.46. The predicted molar refractivity (Wildman–Crippen MR) is 79.6 cm³/mol. The van der Waals surface area contributed by atoms with Crippen LogP contribution in [0.2, 0.25) is 0 Å². The largest absolute Gasteiger partial charge is 0.369 e. The molecule has 3 unspecified atom stereocenters. The molecule has 2 N–H and O–H groups in total. The fourth-order valence-electron chi connectivity index (χ4n) is 2.76. The molecule has 1 aliphatic carbocycles. The minimum Gasteiger partial charge on any atom is -0.369 e. The number of carbonyl (C=O) groups is 1. The third-order valence-corrected chi connectivity index (χ3v) is 4.28. The van der Waals surface area contributed by atoms with E-state index in [-0.39, 0.29) is 11.9 Å². The Balaban J connectivity index is 1.97. The molecule has 5 nitrogen and oxygen atoms in total. The number of rotatable bonds is 4. The molecule has 1 saturated carbocycles. The molecule has 1 fully saturated rings. The van der Waals surface area contributed by atoms with Gasteiger partial charge >= 0.3 is 0 Å². The van der Waals surface area contributed by atoms with Gasteiger partial charge in [-0.15, -0.1) is 10.2 Å². The van der Waals surface area contributed by atoms with Gasteiger partial charge in [0.05, 0.1) is 0 Å². The van der Waals surface area contributed by atoms with Gasteiger partial charge in [0, 0.05) is 12.6 Å². The van der Waals surface area contributed by atoms with Gasteiger partial charge in [0.15, 0.2) is 5.69 Å². The van der Waals surface area contributed by atoms with E-state index in [0.29, 0.717) is 23.3 Å². The fourth-order valence-corrected chi connectivity index (χ4v) is 2.76. The number of carbonyl (C=O) groups excluding carboxylic acids is 1. The van der Waals surface area contributed by atoms with Gasteiger partial charge in [0.25, 0.3) is 5.91 Å². The second-order valence-electron chi connectivity index (χ2n) is 5.68. The summed E-state index contributed by atoms with van der Waals surface area (Å²) in [4.78, 5) is 12.2. The first-order valence-electron chi connectivity index (χ1n) is 7.50. The van der Waals surface area contributed by atoms with Crippen LogP contribution >= 0.6 is 0 Å². The van der Waals surface area contributed by atoms with Crippen LogP contribution in [-0.4, -0.2) is 28.7 Å². The van der Waals surface area contributed by atoms with Crippen molar-refractivity contribution in [2.75, 3.05) is 11.9 Å². The Morgan fingerprint density at radius 2 is 2.10 bits per heavy atom. The van der Waals surface area contributed by atoms with Crippen molar-refractivity contribution in [3.8, 4) is 0 Å². The van der Waals surface area contributed by atoms with Crippen LogP contribution in [0.25, 0.3) is 0 Å². The molecule has 1 aliphatic rings. The van der Waals surface area contributed by atoms with Crippen LogP contribution in [0.4, 0.5) is 5.82 Å². The zero-order chi connectivity index (χ0) is 14.5. The first-order chi connectivity index (χ1) is 9.61. The molecule has 20 heavy (non-hydrogen) atoms. The lowest BCUT2D eigenvalue weighted by Crippen LogP contribution is -2.44. The van der Waals surface area contributed by atoms with Gasteiger partial charge in [-0.3, -0.25) is 4.79 Å². The highest BCUT2D eigenvalue weighted by Gasteiger charge is 2.28. The molecular weight excluding hydrogens is 252 g/mol. The molecule has 1 amide bonds. The Kier molecular flexibility index (Phi) is 4.93. The van der Waals surface area contributed by atoms with E-state index in [1.807, 2.05) is 6.92 Å². The van der Waals surface area contributed by atoms with Gasteiger partial charge in [-0.05, 0) is 37.3 Å². The van der Waals surface area contributed by atoms with Crippen LogP contribution in [-0.2, 0) is 0 Å². The van der Waals surface area contributed by atoms with Crippen molar-refractivity contribution in [3.63, 3.8) is 0 Å². The van der Waals surface area contributed by atoms with E-state index >= 15 is 0 Å². The lowest BCUT2D eigenvalue weighted by molar-refractivity contribution is 0.0885. The Morgan fingerprint density at radius 1 is 1.30 bits per heavy atom. The highest BCUT2D eigenvalue weighted by molar-refractivity contribution is 5.92. The minimum absolute atomic E-state index is 0.119. The minimum atomic E-state index is -0.119. The van der Waals surface area contributed by atoms with Crippen LogP contribution < -0.4 is 10.6 Å². The molecule has 0 aliphatic heterocycles. The van der Waals surface area contributed by atoms with Gasteiger partial charge in [0.2, 0.25) is 0 Å². The first-order valence-corrected chi connectivity index (χ1v) is 7.50. The van der Waals surface area contributed by atoms with Crippen LogP contribution in [0.3, 0.4) is 0 Å². The summed E-state index contributed by atoms with van der Waals surface area (Å²) in [6, 6.07) is 3.76. The van der Waals surface area contributed by atoms with Gasteiger partial charge in [-0.25, -0.2) is 0 Å². The summed E-state index contributed by atoms with van der Waals surface area (Å²) in [5.74, 6) is 1.76. The third-order valence-electron chi connectivity index (χ3n) is 4.28. The number of aromatic nitrogens is 2. The Labute approximate surface area is 120 Å². The zero-order valence-electron chi connectivity index (χ0n) is 12.5. The maximum atomic E-state index is 12.2. The molecule has 0 aromatic carbocycles. The molecule has 5 heteroatoms. The second-order valence-corrected chi connectivity index (χ2v) is 5.68. The molecule has 1 aromatic rings. The molecule has 1 aromatic heterocycles. The summed E-state index contributed by atoms with van der Waals surface area (Å²) in [6.45, 7) is 7.26. The second kappa shape index (κ2) is 6.68. The summed E-state index contributed by atoms with van der Waals surface area (Å²) in [7, 11) is 0. The molecule has 110 valence electrons. The van der Waals surface area contributed by atoms with Crippen molar-refractivity contribution in [1.29, 1.82) is 0 Å². The van der Waals surface area contributed by atoms with E-state index in [1.165, 1.54) is 12.8 Å². The Bertz CT molecular complexity index is 446. The average Bonchev–Trinajstić information content (AvgIpc) is 2.45. The van der Waals surface area contributed by atoms with Crippen LogP contribution in [0.15, 0.2) is 12.1 Å². The number of nitrogens with zero attached hydrogens (tertiary/aromatic N) is 2. The summed E-state index contributed by atoms with van der Waals surface area (Å²) in [5, 5.41) is 14.1. The SMILES string of the molecule is CCNc1ccc(C(=O)NC2CCCC(C)C2C)nn1. The summed E-state index contributed by atoms with van der Waals surface area (Å²) in [5.41, 5.74) is 0.386. The summed E-state index contributed by atoms with van der Waals surface area (Å²) in [6.07, 6.45) is 3.49. The van der Waals surface area contributed by atoms with Crippen molar-refractivity contribution >= 4 is 11.7 Å². The van der Waals surface area contributed by atoms with Gasteiger partial charge < -0.3 is 10.6 Å². The van der Waals surface area contributed by atoms with E-state index < -0.39 is 0 Å². The number of hydrogen-bond donors (Lipinski definition) is 2. The van der Waals surface area contributed by atoms with Crippen LogP contribution in [0, 0.1) is 11.8 Å². The van der Waals surface area contributed by atoms with E-state index in [2.05, 4.69) is 34.7 Å². The molecular formula is C15H24N4O. The van der Waals surface area contributed by atoms with Crippen molar-refractivity contribution in [2.45, 2.75) is 46.1 Å². The van der Waals surface area contributed by atoms with E-state index in [9.17, 15) is 4.79 Å². The van der Waals surface area contributed by atoms with Crippen molar-refractivity contribution in [2.24, 2.45) is 11.8 Å². The highest BCUT2D eigenvalue weighted by Crippen LogP contribution is 2.29. The van der Waals surface area contributed by atoms with Crippen molar-refractivity contribution in [1.82, 2.24) is 15.5 Å². The van der Waals surface area contributed by atoms with Gasteiger partial charge in [-0.1, -0.05) is 26.7 Å². The predicted octanol–water partition coefficient (Wildman–Crippen LogP) is 2.46. The van der Waals surface area contributed by atoms with Crippen molar-refractivity contribution in [3.05, 3.63) is 17.8 Å². The number of anilines is 1. The molecule has 0 saturated heterocycles. The lowest BCUT2D eigenvalue weighted by Gasteiger charge is -2.34. The number of amides is 1. The molecule has 3 atom stereocenters. The molecule has 2 rings (SSSR count). The van der Waals surface area contributed by atoms with Gasteiger partial charge in [0.1, 0.15) is 5.82 Å². The number of nitrogens with one attached hydrogen (secondary N) is 2. The van der Waals surface area contributed by atoms with E-state index in [4.69, 9.17) is 0 Å². The Morgan fingerprint density at radius 3 is 2.75 bits per heavy atom. The van der Waals surface area contributed by atoms with E-state index in [1.54, 1.807) is 12.1 Å². The molecule has 0 spiro atoms. The summed E-state index contributed by atoms with van der Waals surface area (Å²) >= 11 is 0. The molecule has 1 heterocycles. The van der Waals surface area contributed by atoms with Crippen molar-refractivity contribution < 1.29 is 4.79 Å². The maximum Gasteiger partial charge on any atom is 0.272 e. The first kappa shape index (κ1) is 14.8. The fraction of sp³-hybridized carbons (Fsp3) is 0.667. The standard InChI is InChI=1S/C15H24N4O/c1-4-16-14-9-8-13(18-19-14)15(20)17-12-7-5-6-10(2)11(12)3/h8-12H,4-7H2,1-3H3,(H,16,19)(H,17,20). The Hall–Kier alpha value is -1.65. The monoisotopic (exact) mass is 276 g/mol. The quantitative estimate of drug-likeness (QED) is 0.886. The van der Waals surface area contributed by atoms with Crippen LogP contribution in [0.5, 0.6) is 0 Å². The molecule has 0 bridgehead atoms. The average molecular weight is 276 g/mol. The van der Waals surface area contributed by atoms with Gasteiger partial charge in [-0.2, -0.15) is 0 Å². The maximum absolute atomic E-state index is 12.2. The lowest BCUT2D eigenvalue weighted by atomic mass is 9.78. The highest BCUT2D eigenvalue weighted by atomic mass is 16.2.